The summed E-state index contributed by atoms with van der Waals surface area (Å²) in [5.41, 5.74) is 5.34. The van der Waals surface area contributed by atoms with E-state index >= 15 is 0 Å². The van der Waals surface area contributed by atoms with Crippen molar-refractivity contribution in [2.75, 3.05) is 26.4 Å². The first-order valence-electron chi connectivity index (χ1n) is 20.2. The Morgan fingerprint density at radius 3 is 1.67 bits per heavy atom. The predicted octanol–water partition coefficient (Wildman–Crippen LogP) is 10.7. The minimum Gasteiger partial charge on any atom is -0.480 e. The standard InChI is InChI=1S/C41H74NO9P/c1-3-5-7-9-11-13-15-16-17-18-19-20-21-22-23-24-26-28-30-32-34-48-35-38(36-49-52(46,47)50-37-39(42)41(44)45)51-40(43)33-31-29-27-25-14-12-10-8-6-4-2/h8,10-11,13,16-17,19-20,38-39H,3-7,9,12,14-15,18,21-37,42H2,1-2H3,(H,44,45)(H,46,47)/b10-8-,13-11-,17-16-,20-19-. The van der Waals surface area contributed by atoms with Gasteiger partial charge < -0.3 is 25.2 Å². The maximum atomic E-state index is 12.5. The number of esters is 1. The highest BCUT2D eigenvalue weighted by molar-refractivity contribution is 7.47. The quantitative estimate of drug-likeness (QED) is 0.0240. The minimum absolute atomic E-state index is 0.00537. The van der Waals surface area contributed by atoms with E-state index in [-0.39, 0.29) is 13.0 Å². The van der Waals surface area contributed by atoms with Gasteiger partial charge in [0.25, 0.3) is 0 Å². The van der Waals surface area contributed by atoms with E-state index in [2.05, 4.69) is 67.0 Å². The topological polar surface area (TPSA) is 155 Å². The number of aliphatic carboxylic acids is 1. The minimum atomic E-state index is -4.62. The smallest absolute Gasteiger partial charge is 0.472 e. The Morgan fingerprint density at radius 2 is 1.10 bits per heavy atom. The highest BCUT2D eigenvalue weighted by Crippen LogP contribution is 2.43. The second kappa shape index (κ2) is 37.3. The molecule has 0 aliphatic carbocycles. The van der Waals surface area contributed by atoms with Gasteiger partial charge in [0, 0.05) is 13.0 Å². The average Bonchev–Trinajstić information content (AvgIpc) is 3.12. The third-order valence-electron chi connectivity index (χ3n) is 8.31. The van der Waals surface area contributed by atoms with Gasteiger partial charge in [0.2, 0.25) is 0 Å². The first-order valence-corrected chi connectivity index (χ1v) is 21.7. The van der Waals surface area contributed by atoms with Crippen molar-refractivity contribution in [3.05, 3.63) is 48.6 Å². The zero-order valence-electron chi connectivity index (χ0n) is 32.6. The molecule has 0 aliphatic heterocycles. The summed E-state index contributed by atoms with van der Waals surface area (Å²) in [7, 11) is -4.62. The molecule has 0 radical (unpaired) electrons. The Bertz CT molecular complexity index is 1010. The molecule has 0 saturated carbocycles. The molecule has 0 saturated heterocycles. The number of carboxylic acids is 1. The number of phosphoric ester groups is 1. The van der Waals surface area contributed by atoms with Gasteiger partial charge in [-0.1, -0.05) is 133 Å². The normalized spacial score (nSPS) is 14.5. The second-order valence-electron chi connectivity index (χ2n) is 13.4. The third-order valence-corrected chi connectivity index (χ3v) is 9.26. The van der Waals surface area contributed by atoms with Gasteiger partial charge in [-0.25, -0.2) is 4.57 Å². The largest absolute Gasteiger partial charge is 0.480 e. The highest BCUT2D eigenvalue weighted by Gasteiger charge is 2.27. The van der Waals surface area contributed by atoms with E-state index in [0.29, 0.717) is 13.0 Å². The molecule has 0 aromatic heterocycles. The van der Waals surface area contributed by atoms with Gasteiger partial charge in [-0.05, 0) is 70.6 Å². The molecule has 3 unspecified atom stereocenters. The molecule has 302 valence electrons. The van der Waals surface area contributed by atoms with Crippen LogP contribution in [0.3, 0.4) is 0 Å². The van der Waals surface area contributed by atoms with Crippen LogP contribution in [0.4, 0.5) is 0 Å². The Balaban J connectivity index is 4.24. The molecule has 0 aromatic carbocycles. The molecule has 0 heterocycles. The maximum absolute atomic E-state index is 12.5. The summed E-state index contributed by atoms with van der Waals surface area (Å²) in [6.45, 7) is 3.74. The number of hydrogen-bond donors (Lipinski definition) is 3. The lowest BCUT2D eigenvalue weighted by Gasteiger charge is -2.20. The number of ether oxygens (including phenoxy) is 2. The number of unbranched alkanes of at least 4 members (excludes halogenated alkanes) is 16. The Labute approximate surface area is 316 Å². The summed E-state index contributed by atoms with van der Waals surface area (Å²) >= 11 is 0. The van der Waals surface area contributed by atoms with Gasteiger partial charge >= 0.3 is 19.8 Å². The van der Waals surface area contributed by atoms with Crippen molar-refractivity contribution in [1.82, 2.24) is 0 Å². The van der Waals surface area contributed by atoms with Crippen LogP contribution in [0.2, 0.25) is 0 Å². The molecule has 0 fully saturated rings. The van der Waals surface area contributed by atoms with Crippen LogP contribution in [0.25, 0.3) is 0 Å². The number of rotatable bonds is 38. The van der Waals surface area contributed by atoms with Crippen LogP contribution >= 0.6 is 7.82 Å². The van der Waals surface area contributed by atoms with E-state index in [4.69, 9.17) is 24.8 Å². The zero-order valence-corrected chi connectivity index (χ0v) is 33.5. The van der Waals surface area contributed by atoms with Crippen LogP contribution in [-0.2, 0) is 32.7 Å². The van der Waals surface area contributed by atoms with Crippen molar-refractivity contribution in [2.45, 2.75) is 174 Å². The number of carbonyl (C=O) groups is 2. The van der Waals surface area contributed by atoms with E-state index in [1.807, 2.05) is 0 Å². The van der Waals surface area contributed by atoms with Gasteiger partial charge in [0.15, 0.2) is 0 Å². The molecule has 0 aromatic rings. The Hall–Kier alpha value is -2.07. The molecule has 0 spiro atoms. The first kappa shape index (κ1) is 49.9. The van der Waals surface area contributed by atoms with E-state index < -0.39 is 45.1 Å². The van der Waals surface area contributed by atoms with Crippen molar-refractivity contribution in [3.63, 3.8) is 0 Å². The molecule has 4 N–H and O–H groups in total. The first-order chi connectivity index (χ1) is 25.2. The van der Waals surface area contributed by atoms with Crippen LogP contribution in [-0.4, -0.2) is 60.5 Å². The summed E-state index contributed by atoms with van der Waals surface area (Å²) < 4.78 is 33.2. The molecule has 10 nitrogen and oxygen atoms in total. The number of hydrogen-bond acceptors (Lipinski definition) is 8. The van der Waals surface area contributed by atoms with E-state index in [9.17, 15) is 19.0 Å². The average molecular weight is 756 g/mol. The lowest BCUT2D eigenvalue weighted by molar-refractivity contribution is -0.154. The van der Waals surface area contributed by atoms with Crippen LogP contribution in [0.15, 0.2) is 48.6 Å². The summed E-state index contributed by atoms with van der Waals surface area (Å²) in [5.74, 6) is -1.80. The van der Waals surface area contributed by atoms with Crippen molar-refractivity contribution < 1.29 is 42.7 Å². The monoisotopic (exact) mass is 756 g/mol. The van der Waals surface area contributed by atoms with Crippen LogP contribution < -0.4 is 5.73 Å². The SMILES string of the molecule is CCC/C=C\CCCCCCCC(=O)OC(COCCCCCCCCC/C=C\C/C=C\C/C=C\CCCCC)COP(=O)(O)OCC(N)C(=O)O. The number of phosphoric acid groups is 1. The molecule has 52 heavy (non-hydrogen) atoms. The summed E-state index contributed by atoms with van der Waals surface area (Å²) in [6, 6.07) is -1.48. The van der Waals surface area contributed by atoms with Gasteiger partial charge in [-0.3, -0.25) is 18.6 Å². The van der Waals surface area contributed by atoms with Crippen molar-refractivity contribution in [1.29, 1.82) is 0 Å². The number of carboxylic acid groups (broad SMARTS) is 1. The van der Waals surface area contributed by atoms with Crippen molar-refractivity contribution in [2.24, 2.45) is 5.73 Å². The molecule has 0 bridgehead atoms. The number of carbonyl (C=O) groups excluding carboxylic acids is 1. The zero-order chi connectivity index (χ0) is 38.4. The molecule has 0 rings (SSSR count). The number of allylic oxidation sites excluding steroid dienone is 8. The van der Waals surface area contributed by atoms with Crippen LogP contribution in [0, 0.1) is 0 Å². The lowest BCUT2D eigenvalue weighted by Crippen LogP contribution is -2.34. The second-order valence-corrected chi connectivity index (χ2v) is 14.9. The van der Waals surface area contributed by atoms with Gasteiger partial charge in [-0.15, -0.1) is 0 Å². The molecular formula is C41H74NO9P. The van der Waals surface area contributed by atoms with Crippen molar-refractivity contribution >= 4 is 19.8 Å². The van der Waals surface area contributed by atoms with Crippen molar-refractivity contribution in [3.8, 4) is 0 Å². The third kappa shape index (κ3) is 36.3. The Morgan fingerprint density at radius 1 is 0.615 bits per heavy atom. The fourth-order valence-electron chi connectivity index (χ4n) is 5.14. The molecule has 0 aliphatic rings. The van der Waals surface area contributed by atoms with Gasteiger partial charge in [-0.2, -0.15) is 0 Å². The molecule has 3 atom stereocenters. The Kier molecular flexibility index (Phi) is 35.8. The van der Waals surface area contributed by atoms with E-state index in [1.165, 1.54) is 51.4 Å². The molecule has 11 heteroatoms. The van der Waals surface area contributed by atoms with Crippen LogP contribution in [0.1, 0.15) is 162 Å². The van der Waals surface area contributed by atoms with E-state index in [1.54, 1.807) is 0 Å². The predicted molar refractivity (Wildman–Crippen MR) is 212 cm³/mol. The molecule has 0 amide bonds. The lowest BCUT2D eigenvalue weighted by atomic mass is 10.1. The highest BCUT2D eigenvalue weighted by atomic mass is 31.2. The summed E-state index contributed by atoms with van der Waals surface area (Å²) in [4.78, 5) is 33.4. The fourth-order valence-corrected chi connectivity index (χ4v) is 5.92. The fraction of sp³-hybridized carbons (Fsp3) is 0.756. The molecular weight excluding hydrogens is 681 g/mol. The van der Waals surface area contributed by atoms with Gasteiger partial charge in [0.1, 0.15) is 12.1 Å². The maximum Gasteiger partial charge on any atom is 0.472 e. The summed E-state index contributed by atoms with van der Waals surface area (Å²) in [5, 5.41) is 8.87. The summed E-state index contributed by atoms with van der Waals surface area (Å²) in [6.07, 6.45) is 41.7. The van der Waals surface area contributed by atoms with Crippen LogP contribution in [0.5, 0.6) is 0 Å². The number of nitrogens with two attached hydrogens (primary N) is 1. The van der Waals surface area contributed by atoms with E-state index in [0.717, 1.165) is 83.5 Å². The van der Waals surface area contributed by atoms with Gasteiger partial charge in [0.05, 0.1) is 19.8 Å².